The number of benzene rings is 1. The Kier molecular flexibility index (Phi) is 4.23. The summed E-state index contributed by atoms with van der Waals surface area (Å²) in [6.45, 7) is 0. The monoisotopic (exact) mass is 352 g/mol. The minimum absolute atomic E-state index is 0.0776. The number of hydrazone groups is 1. The van der Waals surface area contributed by atoms with Crippen LogP contribution < -0.4 is 10.2 Å². The quantitative estimate of drug-likeness (QED) is 0.915. The van der Waals surface area contributed by atoms with Crippen LogP contribution in [0.3, 0.4) is 0 Å². The normalized spacial score (nSPS) is 22.4. The van der Waals surface area contributed by atoms with E-state index in [1.165, 1.54) is 11.8 Å². The number of nitrogens with one attached hydrogen (secondary N) is 1. The molecule has 7 heteroatoms. The lowest BCUT2D eigenvalue weighted by atomic mass is 9.88. The maximum atomic E-state index is 11.7. The van der Waals surface area contributed by atoms with Crippen LogP contribution >= 0.6 is 11.8 Å². The molecule has 2 aromatic rings. The highest BCUT2D eigenvalue weighted by Crippen LogP contribution is 2.36. The van der Waals surface area contributed by atoms with Crippen LogP contribution in [0.4, 0.5) is 0 Å². The molecule has 0 saturated carbocycles. The fourth-order valence-electron chi connectivity index (χ4n) is 3.03. The molecule has 0 aliphatic carbocycles. The summed E-state index contributed by atoms with van der Waals surface area (Å²) < 4.78 is 5.23. The number of aliphatic imine (C=N–C) groups is 1. The third kappa shape index (κ3) is 3.02. The molecule has 0 radical (unpaired) electrons. The summed E-state index contributed by atoms with van der Waals surface area (Å²) in [7, 11) is 1.64. The number of ether oxygens (including phenoxy) is 1. The van der Waals surface area contributed by atoms with Crippen molar-refractivity contribution < 1.29 is 9.53 Å². The van der Waals surface area contributed by atoms with E-state index < -0.39 is 0 Å². The molecule has 0 bridgehead atoms. The van der Waals surface area contributed by atoms with E-state index in [0.717, 1.165) is 27.6 Å². The van der Waals surface area contributed by atoms with E-state index >= 15 is 0 Å². The van der Waals surface area contributed by atoms with Crippen molar-refractivity contribution in [3.63, 3.8) is 0 Å². The molecular formula is C18H16N4O2S. The first-order valence-electron chi connectivity index (χ1n) is 7.88. The second-order valence-electron chi connectivity index (χ2n) is 5.72. The second kappa shape index (κ2) is 6.68. The number of thioether (sulfide) groups is 1. The van der Waals surface area contributed by atoms with E-state index in [2.05, 4.69) is 20.5 Å². The SMILES string of the molecule is COc1ccc(C2NN=C(c3ccncc3)C2C2=NC(=O)CS2)cc1. The van der Waals surface area contributed by atoms with Gasteiger partial charge in [-0.15, -0.1) is 0 Å². The van der Waals surface area contributed by atoms with Crippen LogP contribution in [0.2, 0.25) is 0 Å². The van der Waals surface area contributed by atoms with Crippen LogP contribution in [0.1, 0.15) is 17.2 Å². The third-order valence-corrected chi connectivity index (χ3v) is 5.28. The van der Waals surface area contributed by atoms with E-state index in [-0.39, 0.29) is 17.9 Å². The number of carbonyl (C=O) groups excluding carboxylic acids is 1. The van der Waals surface area contributed by atoms with Gasteiger partial charge >= 0.3 is 0 Å². The summed E-state index contributed by atoms with van der Waals surface area (Å²) in [4.78, 5) is 20.0. The average molecular weight is 352 g/mol. The zero-order valence-corrected chi connectivity index (χ0v) is 14.4. The number of hydrogen-bond acceptors (Lipinski definition) is 6. The predicted molar refractivity (Wildman–Crippen MR) is 98.0 cm³/mol. The van der Waals surface area contributed by atoms with E-state index in [1.807, 2.05) is 36.4 Å². The molecule has 0 fully saturated rings. The Morgan fingerprint density at radius 2 is 1.92 bits per heavy atom. The van der Waals surface area contributed by atoms with Gasteiger partial charge in [0.2, 0.25) is 0 Å². The first kappa shape index (κ1) is 15.8. The Labute approximate surface area is 149 Å². The van der Waals surface area contributed by atoms with Crippen LogP contribution in [0.5, 0.6) is 5.75 Å². The number of methoxy groups -OCH3 is 1. The number of pyridine rings is 1. The van der Waals surface area contributed by atoms with Crippen molar-refractivity contribution in [3.05, 3.63) is 59.9 Å². The van der Waals surface area contributed by atoms with Crippen LogP contribution in [-0.4, -0.2) is 34.5 Å². The average Bonchev–Trinajstić information content (AvgIpc) is 3.28. The van der Waals surface area contributed by atoms with Gasteiger partial charge in [-0.1, -0.05) is 23.9 Å². The van der Waals surface area contributed by atoms with E-state index in [4.69, 9.17) is 4.74 Å². The van der Waals surface area contributed by atoms with Crippen LogP contribution in [0, 0.1) is 5.92 Å². The molecule has 1 N–H and O–H groups in total. The van der Waals surface area contributed by atoms with Gasteiger partial charge < -0.3 is 10.2 Å². The van der Waals surface area contributed by atoms with Crippen LogP contribution in [0.15, 0.2) is 58.9 Å². The van der Waals surface area contributed by atoms with Gasteiger partial charge in [0.25, 0.3) is 5.91 Å². The van der Waals surface area contributed by atoms with Crippen LogP contribution in [-0.2, 0) is 4.79 Å². The number of hydrogen-bond donors (Lipinski definition) is 1. The van der Waals surface area contributed by atoms with Gasteiger partial charge in [0.15, 0.2) is 0 Å². The van der Waals surface area contributed by atoms with E-state index in [0.29, 0.717) is 5.75 Å². The molecule has 25 heavy (non-hydrogen) atoms. The molecule has 3 heterocycles. The molecule has 126 valence electrons. The Balaban J connectivity index is 1.72. The molecule has 1 aromatic carbocycles. The molecule has 4 rings (SSSR count). The molecule has 2 atom stereocenters. The number of aromatic nitrogens is 1. The summed E-state index contributed by atoms with van der Waals surface area (Å²) in [6, 6.07) is 11.6. The Morgan fingerprint density at radius 1 is 1.16 bits per heavy atom. The Morgan fingerprint density at radius 3 is 2.56 bits per heavy atom. The number of amides is 1. The molecule has 1 aromatic heterocycles. The van der Waals surface area contributed by atoms with Crippen molar-refractivity contribution >= 4 is 28.4 Å². The van der Waals surface area contributed by atoms with Gasteiger partial charge in [0.1, 0.15) is 5.75 Å². The maximum Gasteiger partial charge on any atom is 0.256 e. The van der Waals surface area contributed by atoms with Crippen molar-refractivity contribution in [1.82, 2.24) is 10.4 Å². The van der Waals surface area contributed by atoms with Gasteiger partial charge in [-0.25, -0.2) is 4.99 Å². The molecule has 2 aliphatic rings. The van der Waals surface area contributed by atoms with Gasteiger partial charge in [0, 0.05) is 18.0 Å². The zero-order chi connectivity index (χ0) is 17.2. The maximum absolute atomic E-state index is 11.7. The number of carbonyl (C=O) groups is 1. The first-order chi connectivity index (χ1) is 12.3. The van der Waals surface area contributed by atoms with Crippen molar-refractivity contribution in [3.8, 4) is 5.75 Å². The zero-order valence-electron chi connectivity index (χ0n) is 13.5. The topological polar surface area (TPSA) is 75.9 Å². The molecule has 0 saturated heterocycles. The molecule has 2 unspecified atom stereocenters. The van der Waals surface area contributed by atoms with Crippen LogP contribution in [0.25, 0.3) is 0 Å². The lowest BCUT2D eigenvalue weighted by molar-refractivity contribution is -0.115. The summed E-state index contributed by atoms with van der Waals surface area (Å²) in [5.41, 5.74) is 6.15. The highest BCUT2D eigenvalue weighted by Gasteiger charge is 2.39. The Hall–Kier alpha value is -2.67. The Bertz CT molecular complexity index is 849. The molecule has 6 nitrogen and oxygen atoms in total. The van der Waals surface area contributed by atoms with Gasteiger partial charge in [0.05, 0.1) is 35.6 Å². The summed E-state index contributed by atoms with van der Waals surface area (Å²) >= 11 is 1.49. The number of nitrogens with zero attached hydrogens (tertiary/aromatic N) is 3. The van der Waals surface area contributed by atoms with Crippen molar-refractivity contribution in [1.29, 1.82) is 0 Å². The van der Waals surface area contributed by atoms with Crippen molar-refractivity contribution in [2.75, 3.05) is 12.9 Å². The highest BCUT2D eigenvalue weighted by atomic mass is 32.2. The molecule has 2 aliphatic heterocycles. The first-order valence-corrected chi connectivity index (χ1v) is 8.86. The minimum atomic E-state index is -0.104. The second-order valence-corrected chi connectivity index (χ2v) is 6.72. The van der Waals surface area contributed by atoms with Gasteiger partial charge in [-0.05, 0) is 29.8 Å². The molecule has 0 spiro atoms. The lowest BCUT2D eigenvalue weighted by Gasteiger charge is -2.21. The highest BCUT2D eigenvalue weighted by molar-refractivity contribution is 8.15. The fourth-order valence-corrected chi connectivity index (χ4v) is 3.96. The summed E-state index contributed by atoms with van der Waals surface area (Å²) in [6.07, 6.45) is 3.48. The summed E-state index contributed by atoms with van der Waals surface area (Å²) in [5.74, 6) is 1.00. The standard InChI is InChI=1S/C18H16N4O2S/c1-24-13-4-2-11(3-5-13)16-15(18-20-14(23)10-25-18)17(22-21-16)12-6-8-19-9-7-12/h2-9,15-16,21H,10H2,1H3. The predicted octanol–water partition coefficient (Wildman–Crippen LogP) is 2.43. The summed E-state index contributed by atoms with van der Waals surface area (Å²) in [5, 5.41) is 5.37. The number of rotatable bonds is 4. The van der Waals surface area contributed by atoms with Gasteiger partial charge in [-0.2, -0.15) is 5.10 Å². The third-order valence-electron chi connectivity index (χ3n) is 4.25. The van der Waals surface area contributed by atoms with E-state index in [9.17, 15) is 4.79 Å². The molecule has 1 amide bonds. The minimum Gasteiger partial charge on any atom is -0.497 e. The van der Waals surface area contributed by atoms with E-state index in [1.54, 1.807) is 19.5 Å². The van der Waals surface area contributed by atoms with Crippen molar-refractivity contribution in [2.24, 2.45) is 16.0 Å². The fraction of sp³-hybridized carbons (Fsp3) is 0.222. The smallest absolute Gasteiger partial charge is 0.256 e. The lowest BCUT2D eigenvalue weighted by Crippen LogP contribution is -2.27. The van der Waals surface area contributed by atoms with Crippen molar-refractivity contribution in [2.45, 2.75) is 6.04 Å². The largest absolute Gasteiger partial charge is 0.497 e. The molecular weight excluding hydrogens is 336 g/mol. The van der Waals surface area contributed by atoms with Gasteiger partial charge in [-0.3, -0.25) is 9.78 Å².